The summed E-state index contributed by atoms with van der Waals surface area (Å²) in [6, 6.07) is 5.25. The van der Waals surface area contributed by atoms with E-state index in [1.54, 1.807) is 0 Å². The van der Waals surface area contributed by atoms with E-state index in [1.165, 1.54) is 18.2 Å². The van der Waals surface area contributed by atoms with Gasteiger partial charge in [0.1, 0.15) is 0 Å². The molecule has 17 heavy (non-hydrogen) atoms. The van der Waals surface area contributed by atoms with Gasteiger partial charge in [0.25, 0.3) is 0 Å². The molecule has 0 atom stereocenters. The summed E-state index contributed by atoms with van der Waals surface area (Å²) in [7, 11) is 0. The molecule has 0 fully saturated rings. The maximum atomic E-state index is 13.4. The van der Waals surface area contributed by atoms with Crippen molar-refractivity contribution in [2.24, 2.45) is 0 Å². The number of phenols is 1. The Labute approximate surface area is 94.2 Å². The third-order valence-electron chi connectivity index (χ3n) is 2.71. The zero-order chi connectivity index (χ0) is 12.2. The van der Waals surface area contributed by atoms with Crippen LogP contribution in [0.3, 0.4) is 0 Å². The second kappa shape index (κ2) is 3.04. The number of esters is 2. The largest absolute Gasteiger partial charge is 0.504 e. The highest BCUT2D eigenvalue weighted by molar-refractivity contribution is 6.21. The van der Waals surface area contributed by atoms with Crippen LogP contribution in [0.2, 0.25) is 0 Å². The fourth-order valence-corrected chi connectivity index (χ4v) is 1.96. The van der Waals surface area contributed by atoms with Gasteiger partial charge in [0.15, 0.2) is 11.6 Å². The number of halogens is 1. The van der Waals surface area contributed by atoms with Crippen LogP contribution in [-0.4, -0.2) is 17.0 Å². The first-order valence-electron chi connectivity index (χ1n) is 4.80. The minimum atomic E-state index is -0.920. The Hall–Kier alpha value is -2.43. The normalized spacial score (nSPS) is 13.9. The molecule has 0 aromatic heterocycles. The number of rotatable bonds is 0. The second-order valence-electron chi connectivity index (χ2n) is 3.66. The molecular weight excluding hydrogens is 227 g/mol. The van der Waals surface area contributed by atoms with Gasteiger partial charge in [0, 0.05) is 10.8 Å². The topological polar surface area (TPSA) is 63.6 Å². The van der Waals surface area contributed by atoms with Gasteiger partial charge in [-0.1, -0.05) is 12.1 Å². The summed E-state index contributed by atoms with van der Waals surface area (Å²) in [6.45, 7) is 0. The van der Waals surface area contributed by atoms with E-state index in [0.717, 1.165) is 6.07 Å². The monoisotopic (exact) mass is 232 g/mol. The molecule has 0 radical (unpaired) electrons. The van der Waals surface area contributed by atoms with Gasteiger partial charge in [-0.2, -0.15) is 0 Å². The Kier molecular flexibility index (Phi) is 1.75. The van der Waals surface area contributed by atoms with Crippen molar-refractivity contribution < 1.29 is 23.8 Å². The van der Waals surface area contributed by atoms with E-state index in [2.05, 4.69) is 4.74 Å². The lowest BCUT2D eigenvalue weighted by molar-refractivity contribution is 0.0391. The molecule has 4 nitrogen and oxygen atoms in total. The molecule has 1 heterocycles. The standard InChI is InChI=1S/C12H5FO4/c13-8-4-7-9-5(10(8)14)2-1-3-6(9)11(15)17-12(7)16/h1-4,14H. The molecule has 0 spiro atoms. The Morgan fingerprint density at radius 1 is 1.12 bits per heavy atom. The molecule has 2 aromatic rings. The van der Waals surface area contributed by atoms with Crippen molar-refractivity contribution in [3.8, 4) is 5.75 Å². The molecule has 3 rings (SSSR count). The van der Waals surface area contributed by atoms with Crippen LogP contribution in [0, 0.1) is 5.82 Å². The van der Waals surface area contributed by atoms with Gasteiger partial charge in [0.2, 0.25) is 0 Å². The van der Waals surface area contributed by atoms with Gasteiger partial charge in [-0.3, -0.25) is 0 Å². The molecule has 1 N–H and O–H groups in total. The van der Waals surface area contributed by atoms with E-state index in [0.29, 0.717) is 0 Å². The third-order valence-corrected chi connectivity index (χ3v) is 2.71. The Morgan fingerprint density at radius 2 is 1.82 bits per heavy atom. The number of aromatic hydroxyl groups is 1. The lowest BCUT2D eigenvalue weighted by atomic mass is 9.96. The highest BCUT2D eigenvalue weighted by atomic mass is 19.1. The number of hydrogen-bond acceptors (Lipinski definition) is 4. The van der Waals surface area contributed by atoms with Crippen LogP contribution in [-0.2, 0) is 4.74 Å². The van der Waals surface area contributed by atoms with Crippen LogP contribution in [0.15, 0.2) is 24.3 Å². The number of benzene rings is 2. The maximum absolute atomic E-state index is 13.4. The summed E-state index contributed by atoms with van der Waals surface area (Å²) >= 11 is 0. The van der Waals surface area contributed by atoms with E-state index >= 15 is 0 Å². The molecule has 84 valence electrons. The molecule has 5 heteroatoms. The molecule has 1 aliphatic rings. The highest BCUT2D eigenvalue weighted by Gasteiger charge is 2.29. The van der Waals surface area contributed by atoms with Gasteiger partial charge in [0.05, 0.1) is 11.1 Å². The van der Waals surface area contributed by atoms with E-state index in [1.807, 2.05) is 0 Å². The van der Waals surface area contributed by atoms with Crippen LogP contribution in [0.5, 0.6) is 5.75 Å². The van der Waals surface area contributed by atoms with Crippen molar-refractivity contribution in [2.45, 2.75) is 0 Å². The summed E-state index contributed by atoms with van der Waals surface area (Å²) in [6.07, 6.45) is 0. The molecule has 2 aromatic carbocycles. The van der Waals surface area contributed by atoms with Crippen LogP contribution in [0.4, 0.5) is 4.39 Å². The Morgan fingerprint density at radius 3 is 2.59 bits per heavy atom. The maximum Gasteiger partial charge on any atom is 0.346 e. The summed E-state index contributed by atoms with van der Waals surface area (Å²) in [5.41, 5.74) is 0.0953. The molecule has 0 saturated heterocycles. The molecule has 0 saturated carbocycles. The number of hydrogen-bond donors (Lipinski definition) is 1. The van der Waals surface area contributed by atoms with Crippen LogP contribution in [0.1, 0.15) is 20.7 Å². The van der Waals surface area contributed by atoms with Crippen molar-refractivity contribution in [3.63, 3.8) is 0 Å². The molecule has 1 aliphatic heterocycles. The van der Waals surface area contributed by atoms with Gasteiger partial charge in [-0.25, -0.2) is 14.0 Å². The number of carbonyl (C=O) groups excluding carboxylic acids is 2. The first-order valence-corrected chi connectivity index (χ1v) is 4.80. The van der Waals surface area contributed by atoms with Crippen molar-refractivity contribution in [1.82, 2.24) is 0 Å². The number of carbonyl (C=O) groups is 2. The Balaban J connectivity index is 2.59. The zero-order valence-corrected chi connectivity index (χ0v) is 8.36. The van der Waals surface area contributed by atoms with Crippen molar-refractivity contribution in [2.75, 3.05) is 0 Å². The van der Waals surface area contributed by atoms with Crippen molar-refractivity contribution in [1.29, 1.82) is 0 Å². The van der Waals surface area contributed by atoms with E-state index < -0.39 is 23.5 Å². The average molecular weight is 232 g/mol. The molecule has 0 unspecified atom stereocenters. The lowest BCUT2D eigenvalue weighted by Crippen LogP contribution is -2.19. The number of phenolic OH excluding ortho intramolecular Hbond substituents is 1. The number of ether oxygens (including phenoxy) is 1. The zero-order valence-electron chi connectivity index (χ0n) is 8.36. The minimum Gasteiger partial charge on any atom is -0.504 e. The van der Waals surface area contributed by atoms with Gasteiger partial charge in [-0.15, -0.1) is 0 Å². The van der Waals surface area contributed by atoms with E-state index in [-0.39, 0.29) is 21.9 Å². The van der Waals surface area contributed by atoms with E-state index in [4.69, 9.17) is 0 Å². The average Bonchev–Trinajstić information content (AvgIpc) is 2.31. The van der Waals surface area contributed by atoms with Gasteiger partial charge in [-0.05, 0) is 12.1 Å². The third kappa shape index (κ3) is 1.16. The fourth-order valence-electron chi connectivity index (χ4n) is 1.96. The lowest BCUT2D eigenvalue weighted by Gasteiger charge is -2.16. The molecule has 0 bridgehead atoms. The minimum absolute atomic E-state index is 0.0505. The summed E-state index contributed by atoms with van der Waals surface area (Å²) < 4.78 is 17.9. The summed E-state index contributed by atoms with van der Waals surface area (Å²) in [5, 5.41) is 9.92. The van der Waals surface area contributed by atoms with E-state index in [9.17, 15) is 19.1 Å². The SMILES string of the molecule is O=C1OC(=O)c2cc(F)c(O)c3cccc1c23. The van der Waals surface area contributed by atoms with Crippen LogP contribution < -0.4 is 0 Å². The van der Waals surface area contributed by atoms with Crippen LogP contribution in [0.25, 0.3) is 10.8 Å². The van der Waals surface area contributed by atoms with Gasteiger partial charge >= 0.3 is 11.9 Å². The highest BCUT2D eigenvalue weighted by Crippen LogP contribution is 2.35. The number of cyclic esters (lactones) is 2. The second-order valence-corrected chi connectivity index (χ2v) is 3.66. The quantitative estimate of drug-likeness (QED) is 0.557. The predicted molar refractivity (Wildman–Crippen MR) is 55.3 cm³/mol. The van der Waals surface area contributed by atoms with Crippen LogP contribution >= 0.6 is 0 Å². The first-order chi connectivity index (χ1) is 8.09. The van der Waals surface area contributed by atoms with Crippen molar-refractivity contribution >= 4 is 22.7 Å². The molecule has 0 aliphatic carbocycles. The first kappa shape index (κ1) is 9.77. The van der Waals surface area contributed by atoms with Gasteiger partial charge < -0.3 is 9.84 Å². The predicted octanol–water partition coefficient (Wildman–Crippen LogP) is 2.00. The van der Waals surface area contributed by atoms with Crippen molar-refractivity contribution in [3.05, 3.63) is 41.2 Å². The smallest absolute Gasteiger partial charge is 0.346 e. The fraction of sp³-hybridized carbons (Fsp3) is 0. The molecular formula is C12H5FO4. The summed E-state index contributed by atoms with van der Waals surface area (Å²) in [4.78, 5) is 22.9. The summed E-state index contributed by atoms with van der Waals surface area (Å²) in [5.74, 6) is -3.19. The Bertz CT molecular complexity index is 690. The molecule has 0 amide bonds.